The van der Waals surface area contributed by atoms with E-state index in [0.29, 0.717) is 18.7 Å². The van der Waals surface area contributed by atoms with Crippen LogP contribution in [0.1, 0.15) is 42.5 Å². The van der Waals surface area contributed by atoms with Crippen LogP contribution in [0.15, 0.2) is 24.3 Å². The average Bonchev–Trinajstić information content (AvgIpc) is 2.46. The number of para-hydroxylation sites is 1. The first-order valence-electron chi connectivity index (χ1n) is 8.03. The van der Waals surface area contributed by atoms with Crippen LogP contribution >= 0.6 is 0 Å². The van der Waals surface area contributed by atoms with Crippen molar-refractivity contribution in [1.29, 1.82) is 0 Å². The Hall–Kier alpha value is -2.04. The number of phenols is 1. The molecule has 1 aliphatic heterocycles. The molecule has 1 saturated heterocycles. The highest BCUT2D eigenvalue weighted by Gasteiger charge is 2.29. The molecule has 1 heterocycles. The van der Waals surface area contributed by atoms with E-state index >= 15 is 0 Å². The Morgan fingerprint density at radius 1 is 1.09 bits per heavy atom. The third-order valence-corrected chi connectivity index (χ3v) is 4.74. The van der Waals surface area contributed by atoms with Crippen LogP contribution in [-0.2, 0) is 4.79 Å². The number of nitrogens with one attached hydrogen (secondary N) is 1. The van der Waals surface area contributed by atoms with Gasteiger partial charge in [0.1, 0.15) is 5.75 Å². The smallest absolute Gasteiger partial charge is 0.257 e. The zero-order valence-electron chi connectivity index (χ0n) is 12.6. The molecule has 1 aliphatic carbocycles. The summed E-state index contributed by atoms with van der Waals surface area (Å²) in [6.45, 7) is 1.23. The van der Waals surface area contributed by atoms with Gasteiger partial charge < -0.3 is 15.3 Å². The lowest BCUT2D eigenvalue weighted by atomic mass is 9.84. The summed E-state index contributed by atoms with van der Waals surface area (Å²) in [6.07, 6.45) is 4.73. The van der Waals surface area contributed by atoms with E-state index in [4.69, 9.17) is 0 Å². The number of nitrogens with zero attached hydrogens (tertiary/aromatic N) is 1. The van der Waals surface area contributed by atoms with Crippen molar-refractivity contribution in [2.75, 3.05) is 13.1 Å². The Balaban J connectivity index is 1.52. The number of carbonyl (C=O) groups excluding carboxylic acids is 2. The summed E-state index contributed by atoms with van der Waals surface area (Å²) in [5.41, 5.74) is 0.347. The lowest BCUT2D eigenvalue weighted by molar-refractivity contribution is -0.128. The van der Waals surface area contributed by atoms with Gasteiger partial charge in [0.05, 0.1) is 5.56 Å². The third-order valence-electron chi connectivity index (χ3n) is 4.74. The van der Waals surface area contributed by atoms with Crippen LogP contribution in [0.5, 0.6) is 5.75 Å². The number of amides is 2. The van der Waals surface area contributed by atoms with E-state index in [-0.39, 0.29) is 29.5 Å². The summed E-state index contributed by atoms with van der Waals surface area (Å²) in [4.78, 5) is 26.1. The topological polar surface area (TPSA) is 69.6 Å². The number of phenolic OH excluding ortho intramolecular Hbond substituents is 1. The minimum absolute atomic E-state index is 0.0212. The molecular formula is C17H22N2O3. The minimum atomic E-state index is -0.137. The van der Waals surface area contributed by atoms with Crippen LogP contribution in [0.4, 0.5) is 0 Å². The molecule has 1 saturated carbocycles. The molecule has 0 aromatic heterocycles. The van der Waals surface area contributed by atoms with Gasteiger partial charge in [0.15, 0.2) is 0 Å². The van der Waals surface area contributed by atoms with Crippen LogP contribution in [0.3, 0.4) is 0 Å². The second-order valence-electron chi connectivity index (χ2n) is 6.22. The Labute approximate surface area is 130 Å². The molecule has 0 radical (unpaired) electrons. The van der Waals surface area contributed by atoms with Gasteiger partial charge in [-0.3, -0.25) is 9.59 Å². The number of hydrogen-bond acceptors (Lipinski definition) is 3. The van der Waals surface area contributed by atoms with E-state index in [2.05, 4.69) is 5.32 Å². The second kappa shape index (κ2) is 6.38. The predicted molar refractivity (Wildman–Crippen MR) is 82.5 cm³/mol. The highest BCUT2D eigenvalue weighted by Crippen LogP contribution is 2.27. The van der Waals surface area contributed by atoms with Gasteiger partial charge in [0.25, 0.3) is 5.91 Å². The standard InChI is InChI=1S/C17H22N2O3/c20-15-7-2-1-6-14(15)17(22)19-10-8-13(9-11-19)18-16(21)12-4-3-5-12/h1-2,6-7,12-13,20H,3-5,8-11H2,(H,18,21). The Morgan fingerprint density at radius 2 is 1.77 bits per heavy atom. The molecule has 3 rings (SSSR count). The highest BCUT2D eigenvalue weighted by molar-refractivity contribution is 5.96. The summed E-state index contributed by atoms with van der Waals surface area (Å²) in [5.74, 6) is 0.271. The summed E-state index contributed by atoms with van der Waals surface area (Å²) < 4.78 is 0. The lowest BCUT2D eigenvalue weighted by Crippen LogP contribution is -2.48. The van der Waals surface area contributed by atoms with E-state index < -0.39 is 0 Å². The first-order chi connectivity index (χ1) is 10.6. The Bertz CT molecular complexity index is 561. The highest BCUT2D eigenvalue weighted by atomic mass is 16.3. The van der Waals surface area contributed by atoms with Crippen molar-refractivity contribution < 1.29 is 14.7 Å². The maximum Gasteiger partial charge on any atom is 0.257 e. The third kappa shape index (κ3) is 3.08. The van der Waals surface area contributed by atoms with Crippen LogP contribution in [0.25, 0.3) is 0 Å². The van der Waals surface area contributed by atoms with E-state index in [1.54, 1.807) is 23.1 Å². The van der Waals surface area contributed by atoms with Crippen molar-refractivity contribution in [2.24, 2.45) is 5.92 Å². The molecule has 2 fully saturated rings. The average molecular weight is 302 g/mol. The number of hydrogen-bond donors (Lipinski definition) is 2. The molecule has 2 aliphatic rings. The lowest BCUT2D eigenvalue weighted by Gasteiger charge is -2.34. The monoisotopic (exact) mass is 302 g/mol. The zero-order valence-corrected chi connectivity index (χ0v) is 12.6. The van der Waals surface area contributed by atoms with Crippen molar-refractivity contribution in [3.63, 3.8) is 0 Å². The number of piperidine rings is 1. The van der Waals surface area contributed by atoms with Crippen LogP contribution in [-0.4, -0.2) is 41.0 Å². The minimum Gasteiger partial charge on any atom is -0.507 e. The first-order valence-corrected chi connectivity index (χ1v) is 8.03. The molecule has 5 nitrogen and oxygen atoms in total. The van der Waals surface area contributed by atoms with Crippen molar-refractivity contribution >= 4 is 11.8 Å². The van der Waals surface area contributed by atoms with Gasteiger partial charge in [0.2, 0.25) is 5.91 Å². The van der Waals surface area contributed by atoms with E-state index in [9.17, 15) is 14.7 Å². The Kier molecular flexibility index (Phi) is 4.32. The van der Waals surface area contributed by atoms with Crippen molar-refractivity contribution in [3.05, 3.63) is 29.8 Å². The SMILES string of the molecule is O=C(NC1CCN(C(=O)c2ccccc2O)CC1)C1CCC1. The molecule has 118 valence electrons. The maximum absolute atomic E-state index is 12.4. The zero-order chi connectivity index (χ0) is 15.5. The number of benzene rings is 1. The van der Waals surface area contributed by atoms with E-state index in [0.717, 1.165) is 32.1 Å². The molecule has 0 spiro atoms. The molecular weight excluding hydrogens is 280 g/mol. The molecule has 1 aromatic carbocycles. The number of aromatic hydroxyl groups is 1. The molecule has 0 unspecified atom stereocenters. The fourth-order valence-corrected chi connectivity index (χ4v) is 3.04. The molecule has 2 N–H and O–H groups in total. The maximum atomic E-state index is 12.4. The molecule has 0 bridgehead atoms. The summed E-state index contributed by atoms with van der Waals surface area (Å²) in [6, 6.07) is 6.79. The molecule has 1 aromatic rings. The van der Waals surface area contributed by atoms with E-state index in [1.807, 2.05) is 0 Å². The quantitative estimate of drug-likeness (QED) is 0.896. The first kappa shape index (κ1) is 14.9. The predicted octanol–water partition coefficient (Wildman–Crippen LogP) is 1.91. The van der Waals surface area contributed by atoms with Crippen LogP contribution in [0.2, 0.25) is 0 Å². The van der Waals surface area contributed by atoms with Crippen LogP contribution in [0, 0.1) is 5.92 Å². The van der Waals surface area contributed by atoms with E-state index in [1.165, 1.54) is 6.07 Å². The summed E-state index contributed by atoms with van der Waals surface area (Å²) in [7, 11) is 0. The normalized spacial score (nSPS) is 19.5. The summed E-state index contributed by atoms with van der Waals surface area (Å²) in [5, 5.41) is 12.9. The summed E-state index contributed by atoms with van der Waals surface area (Å²) >= 11 is 0. The van der Waals surface area contributed by atoms with Crippen molar-refractivity contribution in [1.82, 2.24) is 10.2 Å². The molecule has 5 heteroatoms. The van der Waals surface area contributed by atoms with Gasteiger partial charge in [-0.2, -0.15) is 0 Å². The second-order valence-corrected chi connectivity index (χ2v) is 6.22. The fraction of sp³-hybridized carbons (Fsp3) is 0.529. The van der Waals surface area contributed by atoms with Gasteiger partial charge >= 0.3 is 0 Å². The van der Waals surface area contributed by atoms with Gasteiger partial charge in [0, 0.05) is 25.0 Å². The number of carbonyl (C=O) groups is 2. The molecule has 22 heavy (non-hydrogen) atoms. The van der Waals surface area contributed by atoms with Gasteiger partial charge in [-0.15, -0.1) is 0 Å². The molecule has 2 amide bonds. The largest absolute Gasteiger partial charge is 0.507 e. The Morgan fingerprint density at radius 3 is 2.36 bits per heavy atom. The van der Waals surface area contributed by atoms with Gasteiger partial charge in [-0.1, -0.05) is 18.6 Å². The van der Waals surface area contributed by atoms with Gasteiger partial charge in [-0.25, -0.2) is 0 Å². The van der Waals surface area contributed by atoms with Gasteiger partial charge in [-0.05, 0) is 37.8 Å². The number of likely N-dealkylation sites (tertiary alicyclic amines) is 1. The molecule has 0 atom stereocenters. The number of rotatable bonds is 3. The van der Waals surface area contributed by atoms with Crippen molar-refractivity contribution in [3.8, 4) is 5.75 Å². The van der Waals surface area contributed by atoms with Crippen molar-refractivity contribution in [2.45, 2.75) is 38.1 Å². The van der Waals surface area contributed by atoms with Crippen LogP contribution < -0.4 is 5.32 Å². The fourth-order valence-electron chi connectivity index (χ4n) is 3.04.